The van der Waals surface area contributed by atoms with Gasteiger partial charge in [-0.15, -0.1) is 0 Å². The zero-order valence-corrected chi connectivity index (χ0v) is 2.91. The summed E-state index contributed by atoms with van der Waals surface area (Å²) in [6, 6.07) is 0. The largest absolute Gasteiger partial charge is 0.258 e. The van der Waals surface area contributed by atoms with E-state index in [9.17, 15) is 0 Å². The van der Waals surface area contributed by atoms with Gasteiger partial charge in [-0.25, -0.2) is 0 Å². The molecule has 1 saturated heterocycles. The van der Waals surface area contributed by atoms with E-state index in [1.165, 1.54) is 0 Å². The molecule has 0 amide bonds. The Morgan fingerprint density at radius 1 is 1.60 bits per heavy atom. The zero-order chi connectivity index (χ0) is 5.33. The highest BCUT2D eigenvalue weighted by Crippen LogP contribution is 1.74. The quantitative estimate of drug-likeness (QED) is 0.404. The fourth-order valence-electron chi connectivity index (χ4n) is 0.312. The first-order chi connectivity index (χ1) is 3.21. The van der Waals surface area contributed by atoms with Crippen molar-refractivity contribution in [2.75, 3.05) is 13.0 Å². The molecular weight excluding hydrogens is 64.0 g/mol. The molecule has 5 heavy (non-hydrogen) atoms. The van der Waals surface area contributed by atoms with Crippen molar-refractivity contribution in [2.45, 2.75) is 6.42 Å². The molecule has 0 aliphatic carbocycles. The summed E-state index contributed by atoms with van der Waals surface area (Å²) in [7, 11) is 0. The molecule has 1 rings (SSSR count). The molecule has 0 aromatic heterocycles. The van der Waals surface area contributed by atoms with E-state index in [-0.39, 0.29) is 0 Å². The van der Waals surface area contributed by atoms with Gasteiger partial charge < -0.3 is 0 Å². The van der Waals surface area contributed by atoms with Gasteiger partial charge in [0.15, 0.2) is 0 Å². The summed E-state index contributed by atoms with van der Waals surface area (Å²) in [6.07, 6.45) is 0.562. The molecule has 0 unspecified atom stereocenters. The first-order valence-electron chi connectivity index (χ1n) is 2.71. The van der Waals surface area contributed by atoms with Gasteiger partial charge in [0.25, 0.3) is 0 Å². The zero-order valence-electron chi connectivity index (χ0n) is 4.91. The monoisotopic (exact) mass is 74.1 g/mol. The van der Waals surface area contributed by atoms with Crippen LogP contribution in [0.4, 0.5) is 0 Å². The summed E-state index contributed by atoms with van der Waals surface area (Å²) in [5.41, 5.74) is 5.17. The Labute approximate surface area is 34.3 Å². The maximum Gasteiger partial charge on any atom is 0.0443 e. The minimum absolute atomic E-state index is 0.562. The van der Waals surface area contributed by atoms with Crippen molar-refractivity contribution < 1.29 is 2.74 Å². The van der Waals surface area contributed by atoms with Crippen molar-refractivity contribution in [2.24, 2.45) is 0 Å². The number of hydrogen-bond donors (Lipinski definition) is 2. The van der Waals surface area contributed by atoms with E-state index in [1.807, 2.05) is 0 Å². The molecule has 0 spiro atoms. The molecular formula is C3H8N2. The Bertz CT molecular complexity index is 65.3. The fourth-order valence-corrected chi connectivity index (χ4v) is 0.312. The van der Waals surface area contributed by atoms with E-state index in [4.69, 9.17) is 2.74 Å². The van der Waals surface area contributed by atoms with Crippen LogP contribution in [-0.4, -0.2) is 13.0 Å². The third-order valence-electron chi connectivity index (χ3n) is 0.552. The summed E-state index contributed by atoms with van der Waals surface area (Å²) < 4.78 is 14.0. The summed E-state index contributed by atoms with van der Waals surface area (Å²) >= 11 is 0. The smallest absolute Gasteiger partial charge is 0.0443 e. The molecule has 1 fully saturated rings. The average molecular weight is 74.1 g/mol. The number of hydrazine groups is 1. The SMILES string of the molecule is [2H]C1([2H])CCNN1. The molecule has 0 aromatic carbocycles. The van der Waals surface area contributed by atoms with E-state index in [2.05, 4.69) is 10.9 Å². The molecule has 1 heterocycles. The lowest BCUT2D eigenvalue weighted by atomic mass is 10.5. The maximum absolute atomic E-state index is 6.98. The van der Waals surface area contributed by atoms with Gasteiger partial charge >= 0.3 is 0 Å². The van der Waals surface area contributed by atoms with Crippen LogP contribution in [0.15, 0.2) is 0 Å². The van der Waals surface area contributed by atoms with Gasteiger partial charge in [0.2, 0.25) is 0 Å². The van der Waals surface area contributed by atoms with Gasteiger partial charge in [-0.2, -0.15) is 0 Å². The first-order valence-corrected chi connectivity index (χ1v) is 1.71. The van der Waals surface area contributed by atoms with Crippen molar-refractivity contribution in [3.8, 4) is 0 Å². The van der Waals surface area contributed by atoms with Crippen LogP contribution in [0, 0.1) is 0 Å². The van der Waals surface area contributed by atoms with Gasteiger partial charge in [0.05, 0.1) is 0 Å². The second-order valence-corrected chi connectivity index (χ2v) is 0.979. The predicted molar refractivity (Wildman–Crippen MR) is 20.6 cm³/mol. The Kier molecular flexibility index (Phi) is 0.436. The average Bonchev–Trinajstić information content (AvgIpc) is 1.84. The van der Waals surface area contributed by atoms with Crippen molar-refractivity contribution in [3.05, 3.63) is 0 Å². The molecule has 2 heteroatoms. The van der Waals surface area contributed by atoms with Gasteiger partial charge in [-0.05, 0) is 6.42 Å². The lowest BCUT2D eigenvalue weighted by Gasteiger charge is -1.81. The van der Waals surface area contributed by atoms with Crippen LogP contribution in [0.3, 0.4) is 0 Å². The normalized spacial score (nSPS) is 40.0. The first kappa shape index (κ1) is 1.58. The Balaban J connectivity index is 2.40. The van der Waals surface area contributed by atoms with Crippen molar-refractivity contribution in [1.29, 1.82) is 0 Å². The summed E-state index contributed by atoms with van der Waals surface area (Å²) in [5, 5.41) is 0. The molecule has 2 N–H and O–H groups in total. The van der Waals surface area contributed by atoms with Crippen LogP contribution in [0.2, 0.25) is 0 Å². The molecule has 0 radical (unpaired) electrons. The van der Waals surface area contributed by atoms with Gasteiger partial charge in [-0.1, -0.05) is 0 Å². The fraction of sp³-hybridized carbons (Fsp3) is 1.00. The minimum Gasteiger partial charge on any atom is -0.258 e. The van der Waals surface area contributed by atoms with E-state index in [1.54, 1.807) is 0 Å². The van der Waals surface area contributed by atoms with Crippen LogP contribution in [0.1, 0.15) is 9.16 Å². The molecule has 30 valence electrons. The van der Waals surface area contributed by atoms with Crippen molar-refractivity contribution in [3.63, 3.8) is 0 Å². The summed E-state index contributed by atoms with van der Waals surface area (Å²) in [5.74, 6) is 0. The number of rotatable bonds is 0. The highest BCUT2D eigenvalue weighted by atomic mass is 15.4. The Morgan fingerprint density at radius 3 is 2.80 bits per heavy atom. The lowest BCUT2D eigenvalue weighted by Crippen LogP contribution is -2.21. The van der Waals surface area contributed by atoms with Crippen molar-refractivity contribution >= 4 is 0 Å². The molecule has 0 aromatic rings. The number of hydrogen-bond acceptors (Lipinski definition) is 2. The molecule has 0 saturated carbocycles. The predicted octanol–water partition coefficient (Wildman–Crippen LogP) is -0.516. The number of nitrogens with one attached hydrogen (secondary N) is 2. The minimum atomic E-state index is -1.17. The van der Waals surface area contributed by atoms with Crippen molar-refractivity contribution in [1.82, 2.24) is 10.9 Å². The standard InChI is InChI=1S/C3H8N2/c1-2-4-5-3-1/h4-5H,1-3H2/i2D2. The van der Waals surface area contributed by atoms with Crippen LogP contribution >= 0.6 is 0 Å². The van der Waals surface area contributed by atoms with E-state index >= 15 is 0 Å². The second-order valence-electron chi connectivity index (χ2n) is 0.979. The lowest BCUT2D eigenvalue weighted by molar-refractivity contribution is 0.689. The topological polar surface area (TPSA) is 24.1 Å². The van der Waals surface area contributed by atoms with E-state index in [0.717, 1.165) is 6.54 Å². The summed E-state index contributed by atoms with van der Waals surface area (Å²) in [6.45, 7) is -0.437. The molecule has 1 aliphatic heterocycles. The Morgan fingerprint density at radius 2 is 2.60 bits per heavy atom. The van der Waals surface area contributed by atoms with Crippen LogP contribution in [0.5, 0.6) is 0 Å². The Hall–Kier alpha value is -0.0800. The maximum atomic E-state index is 6.98. The molecule has 0 atom stereocenters. The van der Waals surface area contributed by atoms with Gasteiger partial charge in [0, 0.05) is 15.8 Å². The van der Waals surface area contributed by atoms with Gasteiger partial charge in [-0.3, -0.25) is 10.9 Å². The second kappa shape index (κ2) is 1.38. The van der Waals surface area contributed by atoms with Crippen LogP contribution < -0.4 is 10.9 Å². The summed E-state index contributed by atoms with van der Waals surface area (Å²) in [4.78, 5) is 0. The third kappa shape index (κ3) is 0.597. The highest BCUT2D eigenvalue weighted by molar-refractivity contribution is 4.51. The van der Waals surface area contributed by atoms with Crippen LogP contribution in [-0.2, 0) is 0 Å². The molecule has 0 bridgehead atoms. The van der Waals surface area contributed by atoms with Crippen LogP contribution in [0.25, 0.3) is 0 Å². The molecule has 1 aliphatic rings. The van der Waals surface area contributed by atoms with E-state index in [0.29, 0.717) is 6.42 Å². The van der Waals surface area contributed by atoms with E-state index < -0.39 is 6.50 Å². The highest BCUT2D eigenvalue weighted by Gasteiger charge is 1.91. The molecule has 2 nitrogen and oxygen atoms in total. The van der Waals surface area contributed by atoms with Gasteiger partial charge in [0.1, 0.15) is 0 Å². The third-order valence-corrected chi connectivity index (χ3v) is 0.552.